The van der Waals surface area contributed by atoms with Gasteiger partial charge in [0.05, 0.1) is 18.4 Å². The molecule has 0 aliphatic carbocycles. The van der Waals surface area contributed by atoms with Gasteiger partial charge >= 0.3 is 12.1 Å². The second kappa shape index (κ2) is 14.9. The Morgan fingerprint density at radius 3 is 2.12 bits per heavy atom. The Balaban J connectivity index is 2.06. The van der Waals surface area contributed by atoms with Gasteiger partial charge in [0.25, 0.3) is 0 Å². The van der Waals surface area contributed by atoms with Crippen LogP contribution < -0.4 is 16.6 Å². The summed E-state index contributed by atoms with van der Waals surface area (Å²) in [6, 6.07) is 17.2. The fourth-order valence-electron chi connectivity index (χ4n) is 3.84. The number of aliphatic hydroxyl groups excluding tert-OH is 1. The van der Waals surface area contributed by atoms with E-state index in [0.29, 0.717) is 5.56 Å². The molecule has 216 valence electrons. The lowest BCUT2D eigenvalue weighted by atomic mass is 9.88. The predicted octanol–water partition coefficient (Wildman–Crippen LogP) is 3.23. The molecular weight excluding hydrogens is 514 g/mol. The van der Waals surface area contributed by atoms with E-state index < -0.39 is 47.5 Å². The number of ketones is 1. The molecule has 0 bridgehead atoms. The molecule has 0 radical (unpaired) electrons. The fraction of sp³-hybridized carbons (Fsp3) is 0.400. The molecule has 0 aromatic heterocycles. The number of nitrogens with one attached hydrogen (secondary N) is 2. The van der Waals surface area contributed by atoms with E-state index in [2.05, 4.69) is 17.4 Å². The van der Waals surface area contributed by atoms with Crippen molar-refractivity contribution in [1.82, 2.24) is 10.9 Å². The largest absolute Gasteiger partial charge is 0.454 e. The van der Waals surface area contributed by atoms with Gasteiger partial charge in [0.2, 0.25) is 5.91 Å². The van der Waals surface area contributed by atoms with Gasteiger partial charge in [-0.05, 0) is 57.4 Å². The van der Waals surface area contributed by atoms with E-state index in [0.717, 1.165) is 11.1 Å². The Kier molecular flexibility index (Phi) is 12.0. The predicted molar refractivity (Wildman–Crippen MR) is 151 cm³/mol. The van der Waals surface area contributed by atoms with Crippen molar-refractivity contribution in [3.8, 4) is 11.1 Å². The van der Waals surface area contributed by atoms with Crippen LogP contribution in [0.5, 0.6) is 0 Å². The molecular formula is C30H39N3O7. The minimum Gasteiger partial charge on any atom is -0.454 e. The molecule has 0 heterocycles. The number of hydrogen-bond donors (Lipinski definition) is 4. The quantitative estimate of drug-likeness (QED) is 0.177. The Labute approximate surface area is 234 Å². The normalized spacial score (nSPS) is 13.3. The topological polar surface area (TPSA) is 157 Å². The number of ether oxygens (including phenoxy) is 2. The van der Waals surface area contributed by atoms with Crippen molar-refractivity contribution in [2.75, 3.05) is 6.54 Å². The Hall–Kier alpha value is -4.02. The molecule has 0 aliphatic rings. The van der Waals surface area contributed by atoms with E-state index in [9.17, 15) is 24.3 Å². The highest BCUT2D eigenvalue weighted by Gasteiger charge is 2.33. The third-order valence-electron chi connectivity index (χ3n) is 5.72. The van der Waals surface area contributed by atoms with Crippen LogP contribution in [-0.4, -0.2) is 53.2 Å². The first kappa shape index (κ1) is 32.2. The van der Waals surface area contributed by atoms with Crippen molar-refractivity contribution < 1.29 is 33.8 Å². The van der Waals surface area contributed by atoms with E-state index in [4.69, 9.17) is 15.2 Å². The number of amides is 2. The molecule has 10 heteroatoms. The Morgan fingerprint density at radius 2 is 1.57 bits per heavy atom. The van der Waals surface area contributed by atoms with Gasteiger partial charge in [0, 0.05) is 12.0 Å². The number of carbonyl (C=O) groups is 4. The molecule has 0 saturated carbocycles. The van der Waals surface area contributed by atoms with Crippen LogP contribution in [0, 0.1) is 5.92 Å². The van der Waals surface area contributed by atoms with Crippen LogP contribution in [0.2, 0.25) is 0 Å². The summed E-state index contributed by atoms with van der Waals surface area (Å²) >= 11 is 0. The van der Waals surface area contributed by atoms with Gasteiger partial charge in [-0.1, -0.05) is 61.2 Å². The number of aliphatic hydroxyl groups is 1. The van der Waals surface area contributed by atoms with Gasteiger partial charge in [-0.15, -0.1) is 0 Å². The zero-order valence-corrected chi connectivity index (χ0v) is 23.4. The molecule has 0 saturated heterocycles. The number of hydrazine groups is 1. The number of hydrogen-bond acceptors (Lipinski definition) is 8. The van der Waals surface area contributed by atoms with E-state index in [1.807, 2.05) is 54.6 Å². The molecule has 3 atom stereocenters. The second-order valence-corrected chi connectivity index (χ2v) is 10.4. The number of rotatable bonds is 12. The van der Waals surface area contributed by atoms with Crippen molar-refractivity contribution in [3.63, 3.8) is 0 Å². The molecule has 10 nitrogen and oxygen atoms in total. The minimum absolute atomic E-state index is 0.00964. The van der Waals surface area contributed by atoms with Crippen LogP contribution in [0.4, 0.5) is 4.79 Å². The van der Waals surface area contributed by atoms with Gasteiger partial charge < -0.3 is 20.3 Å². The minimum atomic E-state index is -1.27. The molecule has 5 N–H and O–H groups in total. The number of nitrogens with two attached hydrogens (primary N) is 1. The summed E-state index contributed by atoms with van der Waals surface area (Å²) in [4.78, 5) is 50.7. The van der Waals surface area contributed by atoms with Crippen LogP contribution in [0.1, 0.15) is 46.1 Å². The number of Topliss-reactive ketones (excluding diaryl/α,β-unsaturated/α-hetero) is 1. The van der Waals surface area contributed by atoms with Crippen molar-refractivity contribution in [2.45, 2.75) is 64.8 Å². The van der Waals surface area contributed by atoms with Gasteiger partial charge in [0.1, 0.15) is 5.60 Å². The van der Waals surface area contributed by atoms with E-state index in [1.165, 1.54) is 6.92 Å². The number of esters is 1. The summed E-state index contributed by atoms with van der Waals surface area (Å²) in [7, 11) is 0. The van der Waals surface area contributed by atoms with E-state index >= 15 is 0 Å². The summed E-state index contributed by atoms with van der Waals surface area (Å²) in [5.74, 6) is -3.35. The average molecular weight is 554 g/mol. The maximum atomic E-state index is 13.3. The number of benzene rings is 2. The lowest BCUT2D eigenvalue weighted by molar-refractivity contribution is -0.153. The molecule has 2 aromatic rings. The van der Waals surface area contributed by atoms with Crippen LogP contribution in [-0.2, 0) is 30.3 Å². The van der Waals surface area contributed by atoms with Crippen molar-refractivity contribution in [3.05, 3.63) is 72.3 Å². The molecule has 2 aromatic carbocycles. The molecule has 40 heavy (non-hydrogen) atoms. The zero-order chi connectivity index (χ0) is 29.9. The average Bonchev–Trinajstić information content (AvgIpc) is 2.89. The second-order valence-electron chi connectivity index (χ2n) is 10.4. The fourth-order valence-corrected chi connectivity index (χ4v) is 3.84. The lowest BCUT2D eigenvalue weighted by Crippen LogP contribution is -2.48. The first-order chi connectivity index (χ1) is 18.8. The smallest absolute Gasteiger partial charge is 0.426 e. The molecule has 1 unspecified atom stereocenters. The first-order valence-corrected chi connectivity index (χ1v) is 13.0. The maximum absolute atomic E-state index is 13.3. The van der Waals surface area contributed by atoms with Gasteiger partial charge in [-0.2, -0.15) is 0 Å². The highest BCUT2D eigenvalue weighted by Crippen LogP contribution is 2.22. The third kappa shape index (κ3) is 10.6. The first-order valence-electron chi connectivity index (χ1n) is 13.0. The van der Waals surface area contributed by atoms with Crippen LogP contribution in [0.3, 0.4) is 0 Å². The number of carbonyl (C=O) groups excluding carboxylic acids is 4. The van der Waals surface area contributed by atoms with Gasteiger partial charge in [-0.3, -0.25) is 19.8 Å². The summed E-state index contributed by atoms with van der Waals surface area (Å²) in [6.45, 7) is 10.2. The highest BCUT2D eigenvalue weighted by atomic mass is 16.6. The standard InChI is InChI=1S/C30H39N3O7/c1-19(34)17-24(28(37)32-33-29(38)40-30(3,4)5)20(2)27(36)25(15-16-31)39-26(35)18-21-11-13-23(14-12-21)22-9-7-6-8-10-22/h6-14,19,24-25,34H,2,15-18,31H2,1,3-5H3,(H,32,37)(H,33,38)/t19?,24-,25+/m1/s1. The van der Waals surface area contributed by atoms with Crippen LogP contribution >= 0.6 is 0 Å². The molecule has 0 fully saturated rings. The van der Waals surface area contributed by atoms with Gasteiger partial charge in [0.15, 0.2) is 11.9 Å². The molecule has 2 amide bonds. The van der Waals surface area contributed by atoms with Crippen molar-refractivity contribution in [2.24, 2.45) is 11.7 Å². The van der Waals surface area contributed by atoms with Crippen molar-refractivity contribution >= 4 is 23.8 Å². The van der Waals surface area contributed by atoms with Gasteiger partial charge in [-0.25, -0.2) is 10.2 Å². The van der Waals surface area contributed by atoms with Crippen LogP contribution in [0.25, 0.3) is 11.1 Å². The molecule has 2 rings (SSSR count). The Bertz CT molecular complexity index is 1170. The van der Waals surface area contributed by atoms with Crippen molar-refractivity contribution in [1.29, 1.82) is 0 Å². The molecule has 0 aliphatic heterocycles. The highest BCUT2D eigenvalue weighted by molar-refractivity contribution is 6.04. The van der Waals surface area contributed by atoms with E-state index in [-0.39, 0.29) is 31.4 Å². The summed E-state index contributed by atoms with van der Waals surface area (Å²) in [5.41, 5.74) is 11.7. The summed E-state index contributed by atoms with van der Waals surface area (Å²) < 4.78 is 10.5. The zero-order valence-electron chi connectivity index (χ0n) is 23.4. The van der Waals surface area contributed by atoms with Crippen LogP contribution in [0.15, 0.2) is 66.7 Å². The summed E-state index contributed by atoms with van der Waals surface area (Å²) in [6.07, 6.45) is -3.37. The molecule has 0 spiro atoms. The monoisotopic (exact) mass is 553 g/mol. The SMILES string of the molecule is C=C(C(=O)[C@H](CCN)OC(=O)Cc1ccc(-c2ccccc2)cc1)[C@@H](CC(C)O)C(=O)NNC(=O)OC(C)(C)C. The van der Waals surface area contributed by atoms with E-state index in [1.54, 1.807) is 20.8 Å². The maximum Gasteiger partial charge on any atom is 0.426 e. The lowest BCUT2D eigenvalue weighted by Gasteiger charge is -2.24. The Morgan fingerprint density at radius 1 is 0.975 bits per heavy atom. The summed E-state index contributed by atoms with van der Waals surface area (Å²) in [5, 5.41) is 9.93. The third-order valence-corrected chi connectivity index (χ3v) is 5.72.